The number of nitrogens with zero attached hydrogens (tertiary/aromatic N) is 1. The molecule has 218 valence electrons. The lowest BCUT2D eigenvalue weighted by atomic mass is 10.0. The van der Waals surface area contributed by atoms with Crippen LogP contribution < -0.4 is 4.74 Å². The van der Waals surface area contributed by atoms with Crippen LogP contribution in [0.5, 0.6) is 5.75 Å². The molecular weight excluding hydrogens is 478 g/mol. The molecule has 2 rings (SSSR count). The van der Waals surface area contributed by atoms with Gasteiger partial charge in [-0.3, -0.25) is 4.98 Å². The molecule has 2 N–H and O–H groups in total. The van der Waals surface area contributed by atoms with E-state index < -0.39 is 0 Å². The number of nitrogens with one attached hydrogen (secondary N) is 2. The van der Waals surface area contributed by atoms with Gasteiger partial charge in [-0.05, 0) is 94.7 Å². The van der Waals surface area contributed by atoms with Gasteiger partial charge >= 0.3 is 0 Å². The number of pyridine rings is 1. The molecule has 1 aromatic heterocycles. The van der Waals surface area contributed by atoms with Crippen molar-refractivity contribution in [1.82, 2.24) is 4.98 Å². The van der Waals surface area contributed by atoms with Gasteiger partial charge in [-0.2, -0.15) is 0 Å². The number of aromatic nitrogens is 1. The molecule has 0 radical (unpaired) electrons. The van der Waals surface area contributed by atoms with Crippen LogP contribution in [0.25, 0.3) is 5.57 Å². The Morgan fingerprint density at radius 2 is 1.56 bits per heavy atom. The molecule has 2 aromatic rings. The zero-order valence-electron chi connectivity index (χ0n) is 27.3. The van der Waals surface area contributed by atoms with Crippen molar-refractivity contribution in [3.8, 4) is 5.75 Å². The van der Waals surface area contributed by atoms with Gasteiger partial charge in [-0.25, -0.2) is 0 Å². The lowest BCUT2D eigenvalue weighted by Gasteiger charge is -2.10. The Labute approximate surface area is 241 Å². The molecule has 0 saturated carbocycles. The smallest absolute Gasteiger partial charge is 0.122 e. The minimum atomic E-state index is 0.519. The summed E-state index contributed by atoms with van der Waals surface area (Å²) < 4.78 is 5.33. The number of hydrogen-bond acceptors (Lipinski definition) is 4. The number of ether oxygens (including phenoxy) is 1. The normalized spacial score (nSPS) is 10.6. The standard InChI is InChI=1S/C13H17N3.C12H18O.C8H16.C2H6/c1-8(2)11(6-14)13-5-9(3)12(7-16-13)10(4)15;1-5-6-11-7-9(2)10(3)8-12(11)13-4;1-4-6-7-8(3)5-2;1-2/h5-7,14-15H,1-4H3;7-8H,5-6H2,1-4H3;6-8H,4-5H2,1-3H3;1-2H3/b;;7-6-;. The quantitative estimate of drug-likeness (QED) is 0.248. The summed E-state index contributed by atoms with van der Waals surface area (Å²) in [5.41, 5.74) is 9.11. The average molecular weight is 536 g/mol. The highest BCUT2D eigenvalue weighted by Crippen LogP contribution is 2.24. The molecule has 0 bridgehead atoms. The third-order valence-corrected chi connectivity index (χ3v) is 6.23. The molecule has 1 aromatic carbocycles. The summed E-state index contributed by atoms with van der Waals surface area (Å²) in [6.07, 6.45) is 12.2. The molecule has 0 aliphatic carbocycles. The van der Waals surface area contributed by atoms with Gasteiger partial charge in [0.1, 0.15) is 5.75 Å². The van der Waals surface area contributed by atoms with E-state index in [-0.39, 0.29) is 0 Å². The molecule has 0 fully saturated rings. The summed E-state index contributed by atoms with van der Waals surface area (Å²) in [5.74, 6) is 1.81. The lowest BCUT2D eigenvalue weighted by Crippen LogP contribution is -2.01. The minimum Gasteiger partial charge on any atom is -0.496 e. The zero-order valence-corrected chi connectivity index (χ0v) is 27.3. The van der Waals surface area contributed by atoms with Crippen molar-refractivity contribution in [1.29, 1.82) is 10.8 Å². The van der Waals surface area contributed by atoms with Crippen LogP contribution in [0.4, 0.5) is 0 Å². The van der Waals surface area contributed by atoms with Crippen molar-refractivity contribution in [3.63, 3.8) is 0 Å². The molecule has 1 heterocycles. The molecule has 0 aliphatic heterocycles. The summed E-state index contributed by atoms with van der Waals surface area (Å²) in [4.78, 5) is 4.30. The van der Waals surface area contributed by atoms with E-state index in [1.54, 1.807) is 20.2 Å². The van der Waals surface area contributed by atoms with Crippen LogP contribution in [-0.4, -0.2) is 24.0 Å². The van der Waals surface area contributed by atoms with Crippen molar-refractivity contribution >= 4 is 17.5 Å². The molecular formula is C35H57N3O. The van der Waals surface area contributed by atoms with Crippen LogP contribution in [0.2, 0.25) is 0 Å². The van der Waals surface area contributed by atoms with Crippen molar-refractivity contribution in [2.45, 2.75) is 109 Å². The number of rotatable bonds is 9. The molecule has 0 spiro atoms. The molecule has 4 nitrogen and oxygen atoms in total. The maximum absolute atomic E-state index is 7.59. The summed E-state index contributed by atoms with van der Waals surface area (Å²) >= 11 is 0. The summed E-state index contributed by atoms with van der Waals surface area (Å²) in [6, 6.07) is 6.29. The van der Waals surface area contributed by atoms with Crippen LogP contribution >= 0.6 is 0 Å². The first kappa shape index (κ1) is 38.1. The Balaban J connectivity index is 0. The Morgan fingerprint density at radius 1 is 0.974 bits per heavy atom. The van der Waals surface area contributed by atoms with Gasteiger partial charge in [0.2, 0.25) is 0 Å². The second-order valence-electron chi connectivity index (χ2n) is 9.79. The van der Waals surface area contributed by atoms with Crippen LogP contribution in [0.15, 0.2) is 42.1 Å². The molecule has 4 heteroatoms. The number of aryl methyl sites for hydroxylation is 4. The fourth-order valence-corrected chi connectivity index (χ4v) is 3.58. The van der Waals surface area contributed by atoms with E-state index in [0.29, 0.717) is 5.71 Å². The number of benzene rings is 1. The first-order chi connectivity index (χ1) is 18.5. The largest absolute Gasteiger partial charge is 0.496 e. The van der Waals surface area contributed by atoms with Crippen LogP contribution in [0, 0.1) is 37.5 Å². The zero-order chi connectivity index (χ0) is 30.5. The predicted octanol–water partition coefficient (Wildman–Crippen LogP) is 10.5. The summed E-state index contributed by atoms with van der Waals surface area (Å²) in [6.45, 7) is 24.7. The number of methoxy groups -OCH3 is 1. The predicted molar refractivity (Wildman–Crippen MR) is 175 cm³/mol. The summed E-state index contributed by atoms with van der Waals surface area (Å²) in [5, 5.41) is 15.0. The van der Waals surface area contributed by atoms with Crippen molar-refractivity contribution in [2.75, 3.05) is 7.11 Å². The van der Waals surface area contributed by atoms with E-state index in [1.807, 2.05) is 40.7 Å². The SMILES string of the molecule is CC.CC(=N)c1cnc(C(C=N)=C(C)C)cc1C.CC/C=C\C(C)CC.CCCc1cc(C)c(C)cc1OC. The Bertz CT molecular complexity index is 1060. The van der Waals surface area contributed by atoms with Crippen LogP contribution in [0.1, 0.15) is 115 Å². The van der Waals surface area contributed by atoms with E-state index in [2.05, 4.69) is 70.8 Å². The van der Waals surface area contributed by atoms with E-state index in [1.165, 1.54) is 42.2 Å². The second-order valence-corrected chi connectivity index (χ2v) is 9.79. The minimum absolute atomic E-state index is 0.519. The van der Waals surface area contributed by atoms with Gasteiger partial charge in [0, 0.05) is 29.3 Å². The van der Waals surface area contributed by atoms with E-state index in [9.17, 15) is 0 Å². The number of hydrogen-bond donors (Lipinski definition) is 2. The average Bonchev–Trinajstić information content (AvgIpc) is 2.91. The van der Waals surface area contributed by atoms with Gasteiger partial charge < -0.3 is 15.6 Å². The Hall–Kier alpha value is -3.01. The highest BCUT2D eigenvalue weighted by Gasteiger charge is 2.07. The fraction of sp³-hybridized carbons (Fsp3) is 0.514. The first-order valence-electron chi connectivity index (χ1n) is 14.5. The Kier molecular flexibility index (Phi) is 21.4. The van der Waals surface area contributed by atoms with Crippen molar-refractivity contribution < 1.29 is 4.74 Å². The van der Waals surface area contributed by atoms with E-state index in [4.69, 9.17) is 15.6 Å². The highest BCUT2D eigenvalue weighted by molar-refractivity contribution is 6.09. The van der Waals surface area contributed by atoms with E-state index in [0.717, 1.165) is 46.1 Å². The number of allylic oxidation sites excluding steroid dienone is 4. The third kappa shape index (κ3) is 14.6. The maximum atomic E-state index is 7.59. The fourth-order valence-electron chi connectivity index (χ4n) is 3.58. The van der Waals surface area contributed by atoms with Gasteiger partial charge in [0.15, 0.2) is 0 Å². The van der Waals surface area contributed by atoms with Crippen molar-refractivity contribution in [2.24, 2.45) is 5.92 Å². The van der Waals surface area contributed by atoms with Crippen LogP contribution in [0.3, 0.4) is 0 Å². The van der Waals surface area contributed by atoms with Crippen LogP contribution in [-0.2, 0) is 6.42 Å². The van der Waals surface area contributed by atoms with Crippen molar-refractivity contribution in [3.05, 3.63) is 75.6 Å². The van der Waals surface area contributed by atoms with Gasteiger partial charge in [0.25, 0.3) is 0 Å². The van der Waals surface area contributed by atoms with Gasteiger partial charge in [-0.1, -0.05) is 78.2 Å². The summed E-state index contributed by atoms with van der Waals surface area (Å²) in [7, 11) is 1.74. The van der Waals surface area contributed by atoms with E-state index >= 15 is 0 Å². The van der Waals surface area contributed by atoms with Gasteiger partial charge in [0.05, 0.1) is 12.8 Å². The molecule has 0 aliphatic rings. The molecule has 1 atom stereocenters. The maximum Gasteiger partial charge on any atom is 0.122 e. The first-order valence-corrected chi connectivity index (χ1v) is 14.5. The third-order valence-electron chi connectivity index (χ3n) is 6.23. The molecule has 1 unspecified atom stereocenters. The monoisotopic (exact) mass is 535 g/mol. The topological polar surface area (TPSA) is 69.8 Å². The Morgan fingerprint density at radius 3 is 1.97 bits per heavy atom. The molecule has 0 amide bonds. The highest BCUT2D eigenvalue weighted by atomic mass is 16.5. The lowest BCUT2D eigenvalue weighted by molar-refractivity contribution is 0.409. The molecule has 39 heavy (non-hydrogen) atoms. The molecule has 0 saturated heterocycles. The van der Waals surface area contributed by atoms with Gasteiger partial charge in [-0.15, -0.1) is 0 Å². The second kappa shape index (κ2) is 21.9.